The Labute approximate surface area is 210 Å². The van der Waals surface area contributed by atoms with Crippen LogP contribution < -0.4 is 0 Å². The summed E-state index contributed by atoms with van der Waals surface area (Å²) in [5, 5.41) is 9.21. The fourth-order valence-electron chi connectivity index (χ4n) is 4.50. The third kappa shape index (κ3) is 8.23. The van der Waals surface area contributed by atoms with Gasteiger partial charge >= 0.3 is 0 Å². The van der Waals surface area contributed by atoms with E-state index < -0.39 is 0 Å². The summed E-state index contributed by atoms with van der Waals surface area (Å²) in [5.41, 5.74) is 2.70. The van der Waals surface area contributed by atoms with Gasteiger partial charge in [0, 0.05) is 40.7 Å². The smallest absolute Gasteiger partial charge is 0.0621 e. The maximum Gasteiger partial charge on any atom is 0.0621 e. The zero-order valence-electron chi connectivity index (χ0n) is 19.1. The number of rotatable bonds is 8. The van der Waals surface area contributed by atoms with Crippen LogP contribution in [0.4, 0.5) is 0 Å². The predicted molar refractivity (Wildman–Crippen MR) is 139 cm³/mol. The molecule has 0 spiro atoms. The second-order valence-electron chi connectivity index (χ2n) is 8.63. The van der Waals surface area contributed by atoms with E-state index in [4.69, 9.17) is 4.74 Å². The molecule has 2 atom stereocenters. The Bertz CT molecular complexity index is 785. The average molecular weight is 568 g/mol. The molecule has 0 bridgehead atoms. The summed E-state index contributed by atoms with van der Waals surface area (Å²) in [6.07, 6.45) is 4.92. The lowest BCUT2D eigenvalue weighted by molar-refractivity contribution is 0.0824. The maximum atomic E-state index is 9.21. The van der Waals surface area contributed by atoms with Crippen LogP contribution >= 0.6 is 31.9 Å². The van der Waals surface area contributed by atoms with Crippen LogP contribution in [0.25, 0.3) is 0 Å². The molecule has 2 aromatic carbocycles. The van der Waals surface area contributed by atoms with Crippen LogP contribution in [-0.4, -0.2) is 59.9 Å². The monoisotopic (exact) mass is 566 g/mol. The van der Waals surface area contributed by atoms with Crippen LogP contribution in [0, 0.1) is 0 Å². The van der Waals surface area contributed by atoms with E-state index in [0.717, 1.165) is 48.2 Å². The van der Waals surface area contributed by atoms with Crippen LogP contribution in [0.15, 0.2) is 57.5 Å². The van der Waals surface area contributed by atoms with Crippen molar-refractivity contribution in [3.63, 3.8) is 0 Å². The van der Waals surface area contributed by atoms with Gasteiger partial charge in [0.1, 0.15) is 0 Å². The highest BCUT2D eigenvalue weighted by Gasteiger charge is 2.24. The average Bonchev–Trinajstić information content (AvgIpc) is 3.45. The summed E-state index contributed by atoms with van der Waals surface area (Å²) >= 11 is 6.90. The summed E-state index contributed by atoms with van der Waals surface area (Å²) in [4.78, 5) is 4.90. The second-order valence-corrected chi connectivity index (χ2v) is 10.5. The molecule has 2 unspecified atom stereocenters. The van der Waals surface area contributed by atoms with Crippen LogP contribution in [0.1, 0.15) is 43.7 Å². The molecule has 1 N–H and O–H groups in total. The van der Waals surface area contributed by atoms with Gasteiger partial charge in [0.25, 0.3) is 0 Å². The van der Waals surface area contributed by atoms with Gasteiger partial charge in [-0.2, -0.15) is 0 Å². The van der Waals surface area contributed by atoms with E-state index in [2.05, 4.69) is 97.1 Å². The first-order chi connectivity index (χ1) is 15.6. The Kier molecular flexibility index (Phi) is 11.2. The number of nitrogens with zero attached hydrogens (tertiary/aromatic N) is 2. The predicted octanol–water partition coefficient (Wildman–Crippen LogP) is 5.86. The van der Waals surface area contributed by atoms with Crippen molar-refractivity contribution < 1.29 is 9.84 Å². The minimum absolute atomic E-state index is 0.288. The fourth-order valence-corrected chi connectivity index (χ4v) is 5.03. The van der Waals surface area contributed by atoms with Crippen molar-refractivity contribution in [2.45, 2.75) is 57.8 Å². The molecule has 2 aromatic rings. The molecule has 0 amide bonds. The Morgan fingerprint density at radius 2 is 1.28 bits per heavy atom. The van der Waals surface area contributed by atoms with Crippen LogP contribution in [0.3, 0.4) is 0 Å². The first-order valence-corrected chi connectivity index (χ1v) is 13.3. The van der Waals surface area contributed by atoms with Crippen molar-refractivity contribution in [3.8, 4) is 0 Å². The van der Waals surface area contributed by atoms with E-state index in [0.29, 0.717) is 12.1 Å². The van der Waals surface area contributed by atoms with E-state index >= 15 is 0 Å². The summed E-state index contributed by atoms with van der Waals surface area (Å²) in [7, 11) is 0. The first-order valence-electron chi connectivity index (χ1n) is 11.7. The van der Waals surface area contributed by atoms with Gasteiger partial charge in [0.2, 0.25) is 0 Å². The Morgan fingerprint density at radius 1 is 0.812 bits per heavy atom. The highest BCUT2D eigenvalue weighted by atomic mass is 79.9. The van der Waals surface area contributed by atoms with E-state index in [1.807, 2.05) is 0 Å². The lowest BCUT2D eigenvalue weighted by atomic mass is 10.2. The second kappa shape index (κ2) is 13.8. The lowest BCUT2D eigenvalue weighted by Gasteiger charge is -2.24. The first kappa shape index (κ1) is 25.9. The molecule has 2 aliphatic heterocycles. The van der Waals surface area contributed by atoms with Gasteiger partial charge in [-0.15, -0.1) is 0 Å². The standard InChI is InChI=1S/C14H20BrNO.C12H16BrNO/c1-2-17-11-14-4-3-9-16(14)10-12-5-7-13(15)8-6-12;13-11-5-3-10(4-6-11)8-14-7-1-2-12(14)9-15/h5-8,14H,2-4,9-11H2,1H3;3-6,12,15H,1-2,7-9H2. The van der Waals surface area contributed by atoms with Crippen LogP contribution in [-0.2, 0) is 17.8 Å². The number of hydrogen-bond donors (Lipinski definition) is 1. The number of ether oxygens (including phenoxy) is 1. The third-order valence-corrected chi connectivity index (χ3v) is 7.38. The van der Waals surface area contributed by atoms with Gasteiger partial charge in [0.15, 0.2) is 0 Å². The minimum atomic E-state index is 0.288. The largest absolute Gasteiger partial charge is 0.395 e. The number of halogens is 2. The topological polar surface area (TPSA) is 35.9 Å². The zero-order chi connectivity index (χ0) is 22.8. The summed E-state index contributed by atoms with van der Waals surface area (Å²) < 4.78 is 7.82. The molecular weight excluding hydrogens is 532 g/mol. The molecule has 2 aliphatic rings. The fraction of sp³-hybridized carbons (Fsp3) is 0.538. The lowest BCUT2D eigenvalue weighted by Crippen LogP contribution is -2.32. The van der Waals surface area contributed by atoms with Gasteiger partial charge in [-0.05, 0) is 81.1 Å². The van der Waals surface area contributed by atoms with Crippen LogP contribution in [0.2, 0.25) is 0 Å². The quantitative estimate of drug-likeness (QED) is 0.433. The van der Waals surface area contributed by atoms with Crippen molar-refractivity contribution in [2.24, 2.45) is 0 Å². The van der Waals surface area contributed by atoms with Gasteiger partial charge < -0.3 is 9.84 Å². The summed E-state index contributed by atoms with van der Waals surface area (Å²) in [5.74, 6) is 0. The summed E-state index contributed by atoms with van der Waals surface area (Å²) in [6.45, 7) is 8.37. The molecule has 2 saturated heterocycles. The molecular formula is C26H36Br2N2O2. The number of hydrogen-bond acceptors (Lipinski definition) is 4. The van der Waals surface area contributed by atoms with Gasteiger partial charge in [0.05, 0.1) is 13.2 Å². The van der Waals surface area contributed by atoms with Crippen molar-refractivity contribution in [1.29, 1.82) is 0 Å². The normalized spacial score (nSPS) is 21.5. The maximum absolute atomic E-state index is 9.21. The molecule has 0 aromatic heterocycles. The minimum Gasteiger partial charge on any atom is -0.395 e. The Balaban J connectivity index is 0.000000182. The molecule has 6 heteroatoms. The molecule has 0 radical (unpaired) electrons. The number of likely N-dealkylation sites (tertiary alicyclic amines) is 2. The highest BCUT2D eigenvalue weighted by molar-refractivity contribution is 9.10. The van der Waals surface area contributed by atoms with E-state index in [1.54, 1.807) is 0 Å². The van der Waals surface area contributed by atoms with Crippen molar-refractivity contribution in [1.82, 2.24) is 9.80 Å². The van der Waals surface area contributed by atoms with E-state index in [9.17, 15) is 5.11 Å². The van der Waals surface area contributed by atoms with Gasteiger partial charge in [-0.3, -0.25) is 9.80 Å². The molecule has 2 fully saturated rings. The molecule has 4 rings (SSSR count). The summed E-state index contributed by atoms with van der Waals surface area (Å²) in [6, 6.07) is 18.0. The molecule has 176 valence electrons. The van der Waals surface area contributed by atoms with Gasteiger partial charge in [-0.1, -0.05) is 56.1 Å². The molecule has 2 heterocycles. The number of benzene rings is 2. The SMILES string of the molecule is CCOCC1CCCN1Cc1ccc(Br)cc1.OCC1CCCN1Cc1ccc(Br)cc1. The molecule has 0 saturated carbocycles. The number of aliphatic hydroxyl groups is 1. The third-order valence-electron chi connectivity index (χ3n) is 6.32. The molecule has 32 heavy (non-hydrogen) atoms. The van der Waals surface area contributed by atoms with Crippen molar-refractivity contribution in [3.05, 3.63) is 68.6 Å². The Hall–Kier alpha value is -0.760. The van der Waals surface area contributed by atoms with Crippen LogP contribution in [0.5, 0.6) is 0 Å². The zero-order valence-corrected chi connectivity index (χ0v) is 22.2. The van der Waals surface area contributed by atoms with Crippen molar-refractivity contribution >= 4 is 31.9 Å². The molecule has 4 nitrogen and oxygen atoms in total. The van der Waals surface area contributed by atoms with E-state index in [1.165, 1.54) is 36.9 Å². The van der Waals surface area contributed by atoms with Gasteiger partial charge in [-0.25, -0.2) is 0 Å². The molecule has 0 aliphatic carbocycles. The number of aliphatic hydroxyl groups excluding tert-OH is 1. The van der Waals surface area contributed by atoms with E-state index in [-0.39, 0.29) is 6.61 Å². The Morgan fingerprint density at radius 3 is 1.75 bits per heavy atom. The van der Waals surface area contributed by atoms with Crippen molar-refractivity contribution in [2.75, 3.05) is 32.9 Å². The highest BCUT2D eigenvalue weighted by Crippen LogP contribution is 2.22.